The summed E-state index contributed by atoms with van der Waals surface area (Å²) in [5.74, 6) is 0.0411. The van der Waals surface area contributed by atoms with Gasteiger partial charge in [0.25, 0.3) is 0 Å². The topological polar surface area (TPSA) is 44.1 Å². The Morgan fingerprint density at radius 1 is 0.405 bits per heavy atom. The van der Waals surface area contributed by atoms with E-state index in [2.05, 4.69) is 19.9 Å². The van der Waals surface area contributed by atoms with Gasteiger partial charge in [0.15, 0.2) is 0 Å². The summed E-state index contributed by atoms with van der Waals surface area (Å²) in [6, 6.07) is 2.07. The molecule has 0 fully saturated rings. The summed E-state index contributed by atoms with van der Waals surface area (Å²) in [5.41, 5.74) is 0. The van der Waals surface area contributed by atoms with Crippen molar-refractivity contribution in [2.75, 3.05) is 13.1 Å². The van der Waals surface area contributed by atoms with Gasteiger partial charge in [-0.05, 0) is 12.8 Å². The second-order valence-electron chi connectivity index (χ2n) is 13.3. The van der Waals surface area contributed by atoms with Crippen molar-refractivity contribution in [3.05, 3.63) is 0 Å². The second kappa shape index (κ2) is 36.2. The van der Waals surface area contributed by atoms with Crippen molar-refractivity contribution in [1.82, 2.24) is 4.90 Å². The fourth-order valence-corrected chi connectivity index (χ4v) is 6.24. The molecule has 3 heteroatoms. The zero-order chi connectivity index (χ0) is 30.6. The lowest BCUT2D eigenvalue weighted by Crippen LogP contribution is -2.32. The van der Waals surface area contributed by atoms with Gasteiger partial charge in [0.05, 0.1) is 6.07 Å². The van der Waals surface area contributed by atoms with Gasteiger partial charge in [-0.2, -0.15) is 5.26 Å². The maximum atomic E-state index is 12.4. The highest BCUT2D eigenvalue weighted by Gasteiger charge is 2.12. The molecule has 0 N–H and O–H groups in total. The van der Waals surface area contributed by atoms with Gasteiger partial charge in [-0.3, -0.25) is 4.79 Å². The van der Waals surface area contributed by atoms with Crippen molar-refractivity contribution < 1.29 is 4.79 Å². The Hall–Kier alpha value is -1.04. The number of carbonyl (C=O) groups is 1. The quantitative estimate of drug-likeness (QED) is 0.0691. The van der Waals surface area contributed by atoms with E-state index in [1.165, 1.54) is 193 Å². The Morgan fingerprint density at radius 2 is 0.619 bits per heavy atom. The first-order chi connectivity index (χ1) is 20.8. The van der Waals surface area contributed by atoms with Gasteiger partial charge in [-0.1, -0.05) is 206 Å². The Bertz CT molecular complexity index is 533. The van der Waals surface area contributed by atoms with E-state index in [1.54, 1.807) is 0 Å². The molecule has 1 amide bonds. The van der Waals surface area contributed by atoms with Crippen LogP contribution < -0.4 is 0 Å². The van der Waals surface area contributed by atoms with Crippen LogP contribution in [0.15, 0.2) is 0 Å². The largest absolute Gasteiger partial charge is 0.342 e. The lowest BCUT2D eigenvalue weighted by atomic mass is 10.0. The summed E-state index contributed by atoms with van der Waals surface area (Å²) in [4.78, 5) is 14.4. The maximum Gasteiger partial charge on any atom is 0.236 e. The van der Waals surface area contributed by atoms with Crippen molar-refractivity contribution in [3.63, 3.8) is 0 Å². The van der Waals surface area contributed by atoms with Crippen molar-refractivity contribution in [1.29, 1.82) is 5.26 Å². The van der Waals surface area contributed by atoms with E-state index in [4.69, 9.17) is 5.26 Å². The zero-order valence-electron chi connectivity index (χ0n) is 29.1. The molecule has 0 bridgehead atoms. The van der Waals surface area contributed by atoms with Crippen molar-refractivity contribution >= 4 is 5.91 Å². The maximum absolute atomic E-state index is 12.4. The smallest absolute Gasteiger partial charge is 0.236 e. The van der Waals surface area contributed by atoms with Gasteiger partial charge < -0.3 is 4.90 Å². The molecule has 0 aliphatic rings. The SMILES string of the molecule is CCCCCCCCCCCCCCCCCCN(CCCCCCCCCCCCCCCCCC)C(=O)CC#N. The van der Waals surface area contributed by atoms with Crippen LogP contribution in [0, 0.1) is 11.3 Å². The average molecular weight is 589 g/mol. The van der Waals surface area contributed by atoms with Gasteiger partial charge in [0.2, 0.25) is 5.91 Å². The van der Waals surface area contributed by atoms with E-state index in [0.717, 1.165) is 25.9 Å². The number of nitrogens with zero attached hydrogens (tertiary/aromatic N) is 2. The number of nitriles is 1. The summed E-state index contributed by atoms with van der Waals surface area (Å²) in [6.45, 7) is 6.27. The van der Waals surface area contributed by atoms with Gasteiger partial charge in [-0.15, -0.1) is 0 Å². The van der Waals surface area contributed by atoms with Crippen molar-refractivity contribution in [2.24, 2.45) is 0 Å². The second-order valence-corrected chi connectivity index (χ2v) is 13.3. The summed E-state index contributed by atoms with van der Waals surface area (Å²) in [5, 5.41) is 9.01. The lowest BCUT2D eigenvalue weighted by Gasteiger charge is -2.21. The normalized spacial score (nSPS) is 11.2. The molecule has 42 heavy (non-hydrogen) atoms. The monoisotopic (exact) mass is 589 g/mol. The van der Waals surface area contributed by atoms with Crippen LogP contribution in [0.1, 0.15) is 226 Å². The molecular weight excluding hydrogens is 512 g/mol. The Labute approximate surface area is 265 Å². The van der Waals surface area contributed by atoms with Crippen LogP contribution in [0.25, 0.3) is 0 Å². The molecule has 0 spiro atoms. The van der Waals surface area contributed by atoms with E-state index >= 15 is 0 Å². The molecule has 0 saturated carbocycles. The highest BCUT2D eigenvalue weighted by molar-refractivity contribution is 5.78. The zero-order valence-corrected chi connectivity index (χ0v) is 29.1. The molecule has 0 aromatic rings. The lowest BCUT2D eigenvalue weighted by molar-refractivity contribution is -0.130. The third kappa shape index (κ3) is 31.9. The van der Waals surface area contributed by atoms with Gasteiger partial charge in [0, 0.05) is 13.1 Å². The van der Waals surface area contributed by atoms with Crippen LogP contribution in [-0.4, -0.2) is 23.9 Å². The summed E-state index contributed by atoms with van der Waals surface area (Å²) < 4.78 is 0. The first-order valence-corrected chi connectivity index (χ1v) is 19.4. The van der Waals surface area contributed by atoms with E-state index in [0.29, 0.717) is 0 Å². The van der Waals surface area contributed by atoms with Gasteiger partial charge in [0.1, 0.15) is 6.42 Å². The van der Waals surface area contributed by atoms with E-state index < -0.39 is 0 Å². The average Bonchev–Trinajstić information content (AvgIpc) is 2.99. The molecule has 0 rings (SSSR count). The molecule has 0 unspecified atom stereocenters. The van der Waals surface area contributed by atoms with Crippen LogP contribution >= 0.6 is 0 Å². The number of hydrogen-bond donors (Lipinski definition) is 0. The molecule has 3 nitrogen and oxygen atoms in total. The number of carbonyl (C=O) groups excluding carboxylic acids is 1. The summed E-state index contributed by atoms with van der Waals surface area (Å²) in [7, 11) is 0. The summed E-state index contributed by atoms with van der Waals surface area (Å²) >= 11 is 0. The number of rotatable bonds is 35. The Balaban J connectivity index is 3.58. The first kappa shape index (κ1) is 41.0. The van der Waals surface area contributed by atoms with Crippen LogP contribution in [-0.2, 0) is 4.79 Å². The minimum absolute atomic E-state index is 0.0394. The van der Waals surface area contributed by atoms with Crippen LogP contribution in [0.2, 0.25) is 0 Å². The Morgan fingerprint density at radius 3 is 0.833 bits per heavy atom. The molecule has 248 valence electrons. The molecule has 0 saturated heterocycles. The number of amides is 1. The highest BCUT2D eigenvalue weighted by atomic mass is 16.2. The van der Waals surface area contributed by atoms with E-state index in [-0.39, 0.29) is 12.3 Å². The molecule has 0 atom stereocenters. The minimum Gasteiger partial charge on any atom is -0.342 e. The van der Waals surface area contributed by atoms with Crippen LogP contribution in [0.3, 0.4) is 0 Å². The molecule has 0 aliphatic heterocycles. The molecule has 0 aliphatic carbocycles. The first-order valence-electron chi connectivity index (χ1n) is 19.4. The van der Waals surface area contributed by atoms with Crippen molar-refractivity contribution in [2.45, 2.75) is 226 Å². The Kier molecular flexibility index (Phi) is 35.3. The molecule has 0 radical (unpaired) electrons. The number of hydrogen-bond acceptors (Lipinski definition) is 2. The predicted molar refractivity (Wildman–Crippen MR) is 186 cm³/mol. The van der Waals surface area contributed by atoms with Gasteiger partial charge >= 0.3 is 0 Å². The molecule has 0 aromatic heterocycles. The predicted octanol–water partition coefficient (Wildman–Crippen LogP) is 13.3. The third-order valence-corrected chi connectivity index (χ3v) is 9.15. The molecule has 0 heterocycles. The molecular formula is C39H76N2O. The summed E-state index contributed by atoms with van der Waals surface area (Å²) in [6.07, 6.45) is 43.9. The van der Waals surface area contributed by atoms with Crippen molar-refractivity contribution in [3.8, 4) is 6.07 Å². The van der Waals surface area contributed by atoms with E-state index in [1.807, 2.05) is 4.90 Å². The highest BCUT2D eigenvalue weighted by Crippen LogP contribution is 2.16. The molecule has 0 aromatic carbocycles. The van der Waals surface area contributed by atoms with Crippen LogP contribution in [0.4, 0.5) is 0 Å². The van der Waals surface area contributed by atoms with Gasteiger partial charge in [-0.25, -0.2) is 0 Å². The number of unbranched alkanes of at least 4 members (excludes halogenated alkanes) is 30. The van der Waals surface area contributed by atoms with E-state index in [9.17, 15) is 4.79 Å². The fourth-order valence-electron chi connectivity index (χ4n) is 6.24. The minimum atomic E-state index is 0.0394. The standard InChI is InChI=1S/C39H76N2O/c1-3-5-7-9-11-13-15-17-19-21-23-25-27-29-31-33-37-41(39(42)35-36-40)38-34-32-30-28-26-24-22-20-18-16-14-12-10-8-6-4-2/h3-35,37-38H2,1-2H3. The fraction of sp³-hybridized carbons (Fsp3) is 0.949. The van der Waals surface area contributed by atoms with Crippen LogP contribution in [0.5, 0.6) is 0 Å². The third-order valence-electron chi connectivity index (χ3n) is 9.15.